The van der Waals surface area contributed by atoms with Gasteiger partial charge in [-0.1, -0.05) is 25.4 Å². The molecule has 1 unspecified atom stereocenters. The minimum absolute atomic E-state index is 0.241. The van der Waals surface area contributed by atoms with Crippen LogP contribution in [0.15, 0.2) is 0 Å². The van der Waals surface area contributed by atoms with Crippen LogP contribution in [0.5, 0.6) is 0 Å². The molecule has 0 radical (unpaired) electrons. The van der Waals surface area contributed by atoms with Crippen molar-refractivity contribution in [3.8, 4) is 0 Å². The third-order valence-corrected chi connectivity index (χ3v) is 4.04. The monoisotopic (exact) mass is 283 g/mol. The molecule has 0 saturated carbocycles. The molecule has 1 aliphatic heterocycles. The van der Waals surface area contributed by atoms with Crippen molar-refractivity contribution in [2.45, 2.75) is 39.5 Å². The summed E-state index contributed by atoms with van der Waals surface area (Å²) >= 11 is 6.23. The second-order valence-corrected chi connectivity index (χ2v) is 5.97. The zero-order valence-electron chi connectivity index (χ0n) is 11.9. The number of halogens is 1. The summed E-state index contributed by atoms with van der Waals surface area (Å²) < 4.78 is 0. The van der Waals surface area contributed by atoms with Gasteiger partial charge in [0.25, 0.3) is 0 Å². The van der Waals surface area contributed by atoms with Gasteiger partial charge in [0, 0.05) is 31.2 Å². The average Bonchev–Trinajstić information content (AvgIpc) is 2.41. The Labute approximate surface area is 119 Å². The number of hydrogen-bond acceptors (Lipinski definition) is 4. The van der Waals surface area contributed by atoms with E-state index >= 15 is 0 Å². The maximum absolute atomic E-state index is 9.34. The van der Waals surface area contributed by atoms with Crippen LogP contribution < -0.4 is 4.90 Å². The normalized spacial score (nSPS) is 20.1. The summed E-state index contributed by atoms with van der Waals surface area (Å²) in [5.41, 5.74) is 0.935. The molecule has 0 aliphatic carbocycles. The van der Waals surface area contributed by atoms with E-state index in [1.54, 1.807) is 0 Å². The molecular formula is C14H22ClN3O. The van der Waals surface area contributed by atoms with E-state index in [-0.39, 0.29) is 12.5 Å². The van der Waals surface area contributed by atoms with Crippen molar-refractivity contribution in [2.75, 3.05) is 24.6 Å². The largest absolute Gasteiger partial charge is 0.396 e. The highest BCUT2D eigenvalue weighted by atomic mass is 35.5. The van der Waals surface area contributed by atoms with Crippen LogP contribution >= 0.6 is 11.6 Å². The highest BCUT2D eigenvalue weighted by Gasteiger charge is 2.23. The molecule has 1 aromatic rings. The predicted octanol–water partition coefficient (Wildman–Crippen LogP) is 2.77. The smallest absolute Gasteiger partial charge is 0.137 e. The average molecular weight is 284 g/mol. The van der Waals surface area contributed by atoms with Crippen molar-refractivity contribution in [3.05, 3.63) is 16.5 Å². The first-order valence-electron chi connectivity index (χ1n) is 6.92. The molecule has 1 aromatic heterocycles. The fourth-order valence-corrected chi connectivity index (χ4v) is 2.64. The fraction of sp³-hybridized carbons (Fsp3) is 0.714. The van der Waals surface area contributed by atoms with Crippen LogP contribution in [-0.2, 0) is 0 Å². The summed E-state index contributed by atoms with van der Waals surface area (Å²) in [5, 5.41) is 9.88. The van der Waals surface area contributed by atoms with Crippen LogP contribution in [0.2, 0.25) is 5.15 Å². The van der Waals surface area contributed by atoms with Gasteiger partial charge in [0.15, 0.2) is 0 Å². The molecule has 2 rings (SSSR count). The van der Waals surface area contributed by atoms with Crippen LogP contribution in [0.25, 0.3) is 0 Å². The molecular weight excluding hydrogens is 262 g/mol. The molecule has 2 heterocycles. The van der Waals surface area contributed by atoms with E-state index in [0.717, 1.165) is 43.1 Å². The van der Waals surface area contributed by atoms with Crippen molar-refractivity contribution in [1.82, 2.24) is 9.97 Å². The molecule has 1 saturated heterocycles. The lowest BCUT2D eigenvalue weighted by Gasteiger charge is -2.34. The molecule has 1 aliphatic rings. The third-order valence-electron chi connectivity index (χ3n) is 3.67. The Morgan fingerprint density at radius 3 is 2.79 bits per heavy atom. The molecule has 106 valence electrons. The van der Waals surface area contributed by atoms with E-state index in [4.69, 9.17) is 11.6 Å². The summed E-state index contributed by atoms with van der Waals surface area (Å²) in [6, 6.07) is 0. The Hall–Kier alpha value is -0.870. The van der Waals surface area contributed by atoms with Crippen LogP contribution in [0.3, 0.4) is 0 Å². The fourth-order valence-electron chi connectivity index (χ4n) is 2.47. The zero-order chi connectivity index (χ0) is 14.0. The number of aromatic nitrogens is 2. The van der Waals surface area contributed by atoms with E-state index in [1.165, 1.54) is 0 Å². The minimum atomic E-state index is 0.241. The summed E-state index contributed by atoms with van der Waals surface area (Å²) in [7, 11) is 0. The first-order valence-corrected chi connectivity index (χ1v) is 7.30. The quantitative estimate of drug-likeness (QED) is 0.867. The van der Waals surface area contributed by atoms with Crippen molar-refractivity contribution in [1.29, 1.82) is 0 Å². The summed E-state index contributed by atoms with van der Waals surface area (Å²) in [6.07, 6.45) is 2.17. The molecule has 4 nitrogen and oxygen atoms in total. The van der Waals surface area contributed by atoms with Crippen LogP contribution in [-0.4, -0.2) is 34.8 Å². The molecule has 19 heavy (non-hydrogen) atoms. The Morgan fingerprint density at radius 1 is 1.42 bits per heavy atom. The zero-order valence-corrected chi connectivity index (χ0v) is 12.6. The molecule has 1 atom stereocenters. The summed E-state index contributed by atoms with van der Waals surface area (Å²) in [6.45, 7) is 8.16. The number of aliphatic hydroxyl groups is 1. The number of nitrogens with zero attached hydrogens (tertiary/aromatic N) is 3. The van der Waals surface area contributed by atoms with Gasteiger partial charge in [0.1, 0.15) is 16.8 Å². The maximum Gasteiger partial charge on any atom is 0.137 e. The Balaban J connectivity index is 2.32. The van der Waals surface area contributed by atoms with Gasteiger partial charge in [-0.05, 0) is 25.7 Å². The minimum Gasteiger partial charge on any atom is -0.396 e. The van der Waals surface area contributed by atoms with Crippen LogP contribution in [0.4, 0.5) is 5.82 Å². The van der Waals surface area contributed by atoms with E-state index in [2.05, 4.69) is 28.7 Å². The standard InChI is InChI=1S/C14H22ClN3O/c1-9(2)13-16-12(15)10(3)14(17-13)18-6-4-5-11(7-18)8-19/h9,11,19H,4-8H2,1-3H3. The number of aliphatic hydroxyl groups excluding tert-OH is 1. The third kappa shape index (κ3) is 3.18. The van der Waals surface area contributed by atoms with Gasteiger partial charge in [-0.2, -0.15) is 0 Å². The Kier molecular flexibility index (Phi) is 4.63. The van der Waals surface area contributed by atoms with E-state index in [0.29, 0.717) is 11.1 Å². The Bertz CT molecular complexity index is 451. The van der Waals surface area contributed by atoms with Crippen LogP contribution in [0, 0.1) is 12.8 Å². The lowest BCUT2D eigenvalue weighted by molar-refractivity contribution is 0.208. The molecule has 5 heteroatoms. The molecule has 1 fully saturated rings. The van der Waals surface area contributed by atoms with Crippen molar-refractivity contribution in [2.24, 2.45) is 5.92 Å². The number of hydrogen-bond donors (Lipinski definition) is 1. The second kappa shape index (κ2) is 6.06. The molecule has 1 N–H and O–H groups in total. The summed E-state index contributed by atoms with van der Waals surface area (Å²) in [4.78, 5) is 11.3. The van der Waals surface area contributed by atoms with E-state index < -0.39 is 0 Å². The van der Waals surface area contributed by atoms with E-state index in [9.17, 15) is 5.11 Å². The first kappa shape index (κ1) is 14.5. The van der Waals surface area contributed by atoms with Crippen molar-refractivity contribution >= 4 is 17.4 Å². The molecule has 0 aromatic carbocycles. The van der Waals surface area contributed by atoms with Gasteiger partial charge in [-0.15, -0.1) is 0 Å². The SMILES string of the molecule is Cc1c(Cl)nc(C(C)C)nc1N1CCCC(CO)C1. The highest BCUT2D eigenvalue weighted by Crippen LogP contribution is 2.29. The number of rotatable bonds is 3. The van der Waals surface area contributed by atoms with Gasteiger partial charge in [-0.25, -0.2) is 9.97 Å². The van der Waals surface area contributed by atoms with Crippen molar-refractivity contribution < 1.29 is 5.11 Å². The molecule has 0 bridgehead atoms. The molecule has 0 spiro atoms. The van der Waals surface area contributed by atoms with Gasteiger partial charge in [0.2, 0.25) is 0 Å². The summed E-state index contributed by atoms with van der Waals surface area (Å²) in [5.74, 6) is 2.32. The van der Waals surface area contributed by atoms with Gasteiger partial charge >= 0.3 is 0 Å². The van der Waals surface area contributed by atoms with Crippen LogP contribution in [0.1, 0.15) is 44.0 Å². The number of anilines is 1. The lowest BCUT2D eigenvalue weighted by atomic mass is 9.99. The van der Waals surface area contributed by atoms with Gasteiger partial charge in [0.05, 0.1) is 0 Å². The topological polar surface area (TPSA) is 49.2 Å². The first-order chi connectivity index (χ1) is 9.02. The van der Waals surface area contributed by atoms with E-state index in [1.807, 2.05) is 6.92 Å². The predicted molar refractivity (Wildman–Crippen MR) is 77.9 cm³/mol. The van der Waals surface area contributed by atoms with Gasteiger partial charge in [-0.3, -0.25) is 0 Å². The maximum atomic E-state index is 9.34. The van der Waals surface area contributed by atoms with Gasteiger partial charge < -0.3 is 10.0 Å². The van der Waals surface area contributed by atoms with Crippen molar-refractivity contribution in [3.63, 3.8) is 0 Å². The molecule has 0 amide bonds. The second-order valence-electron chi connectivity index (χ2n) is 5.61. The number of piperidine rings is 1. The lowest BCUT2D eigenvalue weighted by Crippen LogP contribution is -2.38. The highest BCUT2D eigenvalue weighted by molar-refractivity contribution is 6.30. The Morgan fingerprint density at radius 2 is 2.16 bits per heavy atom.